The second-order valence-corrected chi connectivity index (χ2v) is 9.53. The van der Waals surface area contributed by atoms with Gasteiger partial charge in [-0.3, -0.25) is 20.2 Å². The van der Waals surface area contributed by atoms with Crippen molar-refractivity contribution in [1.29, 1.82) is 0 Å². The number of amides is 1. The van der Waals surface area contributed by atoms with Crippen molar-refractivity contribution in [3.8, 4) is 16.9 Å². The van der Waals surface area contributed by atoms with Crippen LogP contribution < -0.4 is 20.1 Å². The Morgan fingerprint density at radius 1 is 0.974 bits per heavy atom. The summed E-state index contributed by atoms with van der Waals surface area (Å²) in [5.74, 6) is -3.04. The minimum Gasteiger partial charge on any atom is -0.489 e. The summed E-state index contributed by atoms with van der Waals surface area (Å²) in [5, 5.41) is 2.02. The molecule has 0 saturated carbocycles. The molecule has 1 N–H and O–H groups in total. The van der Waals surface area contributed by atoms with E-state index >= 15 is 4.39 Å². The van der Waals surface area contributed by atoms with Crippen molar-refractivity contribution in [2.24, 2.45) is 0 Å². The number of pyridine rings is 1. The fraction of sp³-hybridized carbons (Fsp3) is 0.214. The molecule has 1 aromatic heterocycles. The molecule has 1 saturated heterocycles. The summed E-state index contributed by atoms with van der Waals surface area (Å²) in [4.78, 5) is 20.1. The molecule has 1 amide bonds. The van der Waals surface area contributed by atoms with Crippen LogP contribution >= 0.6 is 11.6 Å². The monoisotopic (exact) mass is 554 g/mol. The lowest BCUT2D eigenvalue weighted by Crippen LogP contribution is -2.47. The number of nitrogens with zero attached hydrogens (tertiary/aromatic N) is 3. The van der Waals surface area contributed by atoms with Gasteiger partial charge < -0.3 is 14.4 Å². The zero-order valence-corrected chi connectivity index (χ0v) is 21.3. The first-order valence-electron chi connectivity index (χ1n) is 12.3. The molecule has 0 bridgehead atoms. The van der Waals surface area contributed by atoms with Crippen LogP contribution in [0.25, 0.3) is 22.0 Å². The Kier molecular flexibility index (Phi) is 6.66. The van der Waals surface area contributed by atoms with Crippen molar-refractivity contribution in [2.45, 2.75) is 0 Å². The van der Waals surface area contributed by atoms with E-state index < -0.39 is 23.4 Å². The van der Waals surface area contributed by atoms with Gasteiger partial charge in [0.2, 0.25) is 0 Å². The van der Waals surface area contributed by atoms with E-state index in [9.17, 15) is 13.6 Å². The number of morpholine rings is 1. The number of carbonyl (C=O) groups is 1. The summed E-state index contributed by atoms with van der Waals surface area (Å²) in [6.07, 6.45) is 1.33. The van der Waals surface area contributed by atoms with Crippen LogP contribution in [-0.2, 0) is 4.74 Å². The lowest BCUT2D eigenvalue weighted by molar-refractivity contribution is 0.0943. The summed E-state index contributed by atoms with van der Waals surface area (Å²) in [6, 6.07) is 12.0. The first-order valence-corrected chi connectivity index (χ1v) is 12.7. The fourth-order valence-electron chi connectivity index (χ4n) is 4.98. The van der Waals surface area contributed by atoms with Crippen molar-refractivity contribution >= 4 is 39.8 Å². The third-order valence-corrected chi connectivity index (χ3v) is 6.98. The Balaban J connectivity index is 1.50. The van der Waals surface area contributed by atoms with Crippen LogP contribution in [0.2, 0.25) is 5.02 Å². The average Bonchev–Trinajstić information content (AvgIpc) is 2.95. The molecule has 2 aliphatic rings. The van der Waals surface area contributed by atoms with Gasteiger partial charge >= 0.3 is 0 Å². The maximum absolute atomic E-state index is 15.2. The highest BCUT2D eigenvalue weighted by Gasteiger charge is 2.28. The van der Waals surface area contributed by atoms with Crippen molar-refractivity contribution in [3.63, 3.8) is 0 Å². The van der Waals surface area contributed by atoms with Crippen LogP contribution in [0, 0.1) is 17.5 Å². The number of carbonyl (C=O) groups excluding carboxylic acids is 1. The summed E-state index contributed by atoms with van der Waals surface area (Å²) in [5.41, 5.74) is 3.85. The van der Waals surface area contributed by atoms with Crippen LogP contribution in [0.1, 0.15) is 10.4 Å². The van der Waals surface area contributed by atoms with E-state index in [1.165, 1.54) is 12.3 Å². The standard InChI is InChI=1S/C28H22ClF3N4O3/c29-16-13-18(25(32)21(31)14-16)24-20(30)6-5-17-26(24)33-15-19(27(17)35-7-10-38-11-8-35)28(37)34-36-9-12-39-23-4-2-1-3-22(23)36/h1-6,13-15H,7-12H2,(H,34,37). The zero-order chi connectivity index (χ0) is 27.1. The molecule has 0 radical (unpaired) electrons. The van der Waals surface area contributed by atoms with Gasteiger partial charge in [0.1, 0.15) is 18.2 Å². The van der Waals surface area contributed by atoms with Crippen LogP contribution in [0.15, 0.2) is 54.7 Å². The molecular weight excluding hydrogens is 533 g/mol. The Labute approximate surface area is 226 Å². The van der Waals surface area contributed by atoms with Gasteiger partial charge in [-0.15, -0.1) is 0 Å². The van der Waals surface area contributed by atoms with E-state index in [1.54, 1.807) is 5.01 Å². The van der Waals surface area contributed by atoms with Crippen molar-refractivity contribution in [1.82, 2.24) is 10.4 Å². The Hall–Kier alpha value is -4.02. The maximum Gasteiger partial charge on any atom is 0.273 e. The molecule has 6 rings (SSSR count). The normalized spacial score (nSPS) is 15.2. The molecule has 39 heavy (non-hydrogen) atoms. The molecular formula is C28H22ClF3N4O3. The van der Waals surface area contributed by atoms with Crippen LogP contribution in [0.4, 0.5) is 24.5 Å². The number of ether oxygens (including phenoxy) is 2. The van der Waals surface area contributed by atoms with Gasteiger partial charge in [-0.25, -0.2) is 13.2 Å². The lowest BCUT2D eigenvalue weighted by Gasteiger charge is -2.33. The van der Waals surface area contributed by atoms with Gasteiger partial charge in [0.25, 0.3) is 5.91 Å². The number of aromatic nitrogens is 1. The average molecular weight is 555 g/mol. The second-order valence-electron chi connectivity index (χ2n) is 9.10. The SMILES string of the molecule is O=C(NN1CCOc2ccccc21)c1cnc2c(-c3cc(Cl)cc(F)c3F)c(F)ccc2c1N1CCOCC1. The van der Waals surface area contributed by atoms with E-state index in [4.69, 9.17) is 21.1 Å². The van der Waals surface area contributed by atoms with Crippen LogP contribution in [0.3, 0.4) is 0 Å². The number of hydrogen-bond donors (Lipinski definition) is 1. The fourth-order valence-corrected chi connectivity index (χ4v) is 5.19. The molecule has 0 spiro atoms. The second kappa shape index (κ2) is 10.3. The summed E-state index contributed by atoms with van der Waals surface area (Å²) in [7, 11) is 0. The van der Waals surface area contributed by atoms with Gasteiger partial charge in [0, 0.05) is 40.8 Å². The molecule has 3 aromatic carbocycles. The van der Waals surface area contributed by atoms with Gasteiger partial charge in [-0.2, -0.15) is 0 Å². The van der Waals surface area contributed by atoms with Crippen LogP contribution in [-0.4, -0.2) is 50.3 Å². The number of rotatable bonds is 4. The molecule has 2 aliphatic heterocycles. The van der Waals surface area contributed by atoms with Gasteiger partial charge in [-0.1, -0.05) is 23.7 Å². The minimum atomic E-state index is -1.24. The number of hydrazine groups is 1. The molecule has 11 heteroatoms. The topological polar surface area (TPSA) is 66.9 Å². The smallest absolute Gasteiger partial charge is 0.273 e. The Morgan fingerprint density at radius 2 is 1.77 bits per heavy atom. The highest BCUT2D eigenvalue weighted by Crippen LogP contribution is 2.39. The van der Waals surface area contributed by atoms with E-state index in [0.717, 1.165) is 18.2 Å². The highest BCUT2D eigenvalue weighted by molar-refractivity contribution is 6.31. The summed E-state index contributed by atoms with van der Waals surface area (Å²) < 4.78 is 55.5. The number of benzene rings is 3. The quantitative estimate of drug-likeness (QED) is 0.343. The van der Waals surface area contributed by atoms with Crippen LogP contribution in [0.5, 0.6) is 5.75 Å². The van der Waals surface area contributed by atoms with E-state index in [0.29, 0.717) is 62.0 Å². The summed E-state index contributed by atoms with van der Waals surface area (Å²) in [6.45, 7) is 2.58. The number of anilines is 2. The number of hydrogen-bond acceptors (Lipinski definition) is 6. The number of halogens is 4. The first-order chi connectivity index (χ1) is 18.9. The maximum atomic E-state index is 15.2. The predicted octanol–water partition coefficient (Wildman–Crippen LogP) is 5.35. The van der Waals surface area contributed by atoms with E-state index in [-0.39, 0.29) is 27.2 Å². The third kappa shape index (κ3) is 4.59. The number of nitrogens with one attached hydrogen (secondary N) is 1. The van der Waals surface area contributed by atoms with Gasteiger partial charge in [0.15, 0.2) is 11.6 Å². The Morgan fingerprint density at radius 3 is 2.59 bits per heavy atom. The van der Waals surface area contributed by atoms with E-state index in [2.05, 4.69) is 10.4 Å². The lowest BCUT2D eigenvalue weighted by atomic mass is 9.98. The molecule has 0 unspecified atom stereocenters. The molecule has 3 heterocycles. The molecule has 7 nitrogen and oxygen atoms in total. The predicted molar refractivity (Wildman–Crippen MR) is 142 cm³/mol. The molecule has 200 valence electrons. The van der Waals surface area contributed by atoms with Gasteiger partial charge in [0.05, 0.1) is 42.2 Å². The molecule has 0 atom stereocenters. The zero-order valence-electron chi connectivity index (χ0n) is 20.5. The van der Waals surface area contributed by atoms with Crippen molar-refractivity contribution < 1.29 is 27.4 Å². The summed E-state index contributed by atoms with van der Waals surface area (Å²) >= 11 is 5.99. The highest BCUT2D eigenvalue weighted by atomic mass is 35.5. The minimum absolute atomic E-state index is 0.0744. The molecule has 4 aromatic rings. The molecule has 0 aliphatic carbocycles. The van der Waals surface area contributed by atoms with Crippen molar-refractivity contribution in [2.75, 3.05) is 49.4 Å². The molecule has 1 fully saturated rings. The number of para-hydroxylation sites is 2. The largest absolute Gasteiger partial charge is 0.489 e. The third-order valence-electron chi connectivity index (χ3n) is 6.76. The number of fused-ring (bicyclic) bond motifs is 2. The Bertz CT molecular complexity index is 1600. The first kappa shape index (κ1) is 25.3. The van der Waals surface area contributed by atoms with Gasteiger partial charge in [-0.05, 0) is 36.4 Å². The van der Waals surface area contributed by atoms with E-state index in [1.807, 2.05) is 29.2 Å². The van der Waals surface area contributed by atoms with Crippen molar-refractivity contribution in [3.05, 3.63) is 82.8 Å².